The van der Waals surface area contributed by atoms with Gasteiger partial charge in [0.1, 0.15) is 0 Å². The number of benzene rings is 5. The minimum absolute atomic E-state index is 0.00759. The lowest BCUT2D eigenvalue weighted by molar-refractivity contribution is 0.104. The van der Waals surface area contributed by atoms with Crippen molar-refractivity contribution < 1.29 is 4.79 Å². The molecule has 0 saturated heterocycles. The Kier molecular flexibility index (Phi) is 3.80. The lowest BCUT2D eigenvalue weighted by Crippen LogP contribution is -1.93. The summed E-state index contributed by atoms with van der Waals surface area (Å²) in [7, 11) is 0. The molecule has 0 saturated carbocycles. The summed E-state index contributed by atoms with van der Waals surface area (Å²) in [5, 5.41) is 7.46. The first-order valence-corrected chi connectivity index (χ1v) is 9.64. The van der Waals surface area contributed by atoms with Crippen molar-refractivity contribution >= 4 is 60.1 Å². The van der Waals surface area contributed by atoms with Gasteiger partial charge in [-0.05, 0) is 68.2 Å². The molecular weight excluding hydrogens is 396 g/mol. The second-order valence-corrected chi connectivity index (χ2v) is 7.63. The first kappa shape index (κ1) is 16.2. The Morgan fingerprint density at radius 3 is 2.07 bits per heavy atom. The van der Waals surface area contributed by atoms with Gasteiger partial charge in [-0.3, -0.25) is 4.79 Å². The molecule has 0 heterocycles. The molecule has 0 aliphatic rings. The third kappa shape index (κ3) is 2.73. The molecule has 0 fully saturated rings. The molecule has 0 N–H and O–H groups in total. The minimum Gasteiger partial charge on any atom is -0.289 e. The molecule has 0 unspecified atom stereocenters. The Bertz CT molecular complexity index is 1310. The maximum Gasteiger partial charge on any atom is 0.185 e. The highest BCUT2D eigenvalue weighted by molar-refractivity contribution is 9.10. The smallest absolute Gasteiger partial charge is 0.185 e. The third-order valence-corrected chi connectivity index (χ3v) is 5.63. The van der Waals surface area contributed by atoms with E-state index in [0.29, 0.717) is 5.56 Å². The van der Waals surface area contributed by atoms with E-state index in [0.717, 1.165) is 10.0 Å². The third-order valence-electron chi connectivity index (χ3n) is 5.11. The lowest BCUT2D eigenvalue weighted by Gasteiger charge is -2.12. The van der Waals surface area contributed by atoms with E-state index in [1.54, 1.807) is 6.08 Å². The standard InChI is InChI=1S/C25H15BrO/c26-21-12-8-17(9-13-21)23(27)15-11-16-4-5-20-7-6-18-2-1-3-19-10-14-22(16)25(20)24(18)19/h1-15H/b15-11+. The molecule has 0 aliphatic carbocycles. The summed E-state index contributed by atoms with van der Waals surface area (Å²) in [6.07, 6.45) is 3.59. The summed E-state index contributed by atoms with van der Waals surface area (Å²) >= 11 is 3.40. The molecular formula is C25H15BrO. The zero-order valence-electron chi connectivity index (χ0n) is 14.4. The van der Waals surface area contributed by atoms with E-state index in [4.69, 9.17) is 0 Å². The predicted octanol–water partition coefficient (Wildman–Crippen LogP) is 7.24. The van der Waals surface area contributed by atoms with E-state index < -0.39 is 0 Å². The molecule has 128 valence electrons. The van der Waals surface area contributed by atoms with Gasteiger partial charge in [-0.2, -0.15) is 0 Å². The summed E-state index contributed by atoms with van der Waals surface area (Å²) in [5.74, 6) is 0.00759. The normalized spacial score (nSPS) is 11.9. The van der Waals surface area contributed by atoms with Crippen molar-refractivity contribution in [2.75, 3.05) is 0 Å². The van der Waals surface area contributed by atoms with Crippen LogP contribution in [-0.2, 0) is 0 Å². The number of carbonyl (C=O) groups is 1. The van der Waals surface area contributed by atoms with Crippen molar-refractivity contribution in [3.8, 4) is 0 Å². The number of ketones is 1. The average Bonchev–Trinajstić information content (AvgIpc) is 2.71. The van der Waals surface area contributed by atoms with Gasteiger partial charge in [-0.25, -0.2) is 0 Å². The number of hydrogen-bond donors (Lipinski definition) is 0. The van der Waals surface area contributed by atoms with E-state index in [9.17, 15) is 4.79 Å². The van der Waals surface area contributed by atoms with Crippen LogP contribution in [0.5, 0.6) is 0 Å². The van der Waals surface area contributed by atoms with Crippen LogP contribution in [0.25, 0.3) is 38.4 Å². The summed E-state index contributed by atoms with van der Waals surface area (Å²) in [6.45, 7) is 0. The summed E-state index contributed by atoms with van der Waals surface area (Å²) in [6, 6.07) is 26.7. The molecule has 0 radical (unpaired) electrons. The molecule has 27 heavy (non-hydrogen) atoms. The van der Waals surface area contributed by atoms with E-state index in [-0.39, 0.29) is 5.78 Å². The number of rotatable bonds is 3. The SMILES string of the molecule is O=C(/C=C/c1ccc2ccc3cccc4ccc1c2c34)c1ccc(Br)cc1. The maximum atomic E-state index is 12.5. The molecule has 0 aliphatic heterocycles. The van der Waals surface area contributed by atoms with Gasteiger partial charge in [0.15, 0.2) is 5.78 Å². The van der Waals surface area contributed by atoms with E-state index in [1.165, 1.54) is 32.3 Å². The molecule has 0 amide bonds. The van der Waals surface area contributed by atoms with Crippen LogP contribution in [0, 0.1) is 0 Å². The van der Waals surface area contributed by atoms with Crippen molar-refractivity contribution in [1.82, 2.24) is 0 Å². The van der Waals surface area contributed by atoms with Gasteiger partial charge in [0.25, 0.3) is 0 Å². The van der Waals surface area contributed by atoms with Gasteiger partial charge < -0.3 is 0 Å². The van der Waals surface area contributed by atoms with E-state index in [2.05, 4.69) is 70.5 Å². The Morgan fingerprint density at radius 2 is 1.33 bits per heavy atom. The van der Waals surface area contributed by atoms with E-state index in [1.807, 2.05) is 30.3 Å². The number of carbonyl (C=O) groups excluding carboxylic acids is 1. The Labute approximate surface area is 165 Å². The molecule has 2 heteroatoms. The van der Waals surface area contributed by atoms with Gasteiger partial charge in [0, 0.05) is 10.0 Å². The zero-order valence-corrected chi connectivity index (χ0v) is 16.0. The Balaban J connectivity index is 1.65. The van der Waals surface area contributed by atoms with Gasteiger partial charge in [-0.15, -0.1) is 0 Å². The van der Waals surface area contributed by atoms with Crippen molar-refractivity contribution in [1.29, 1.82) is 0 Å². The molecule has 5 aromatic rings. The zero-order chi connectivity index (χ0) is 18.4. The van der Waals surface area contributed by atoms with Crippen LogP contribution in [0.2, 0.25) is 0 Å². The molecule has 0 aromatic heterocycles. The largest absolute Gasteiger partial charge is 0.289 e. The highest BCUT2D eigenvalue weighted by Gasteiger charge is 2.10. The predicted molar refractivity (Wildman–Crippen MR) is 118 cm³/mol. The monoisotopic (exact) mass is 410 g/mol. The summed E-state index contributed by atoms with van der Waals surface area (Å²) in [4.78, 5) is 12.5. The number of allylic oxidation sites excluding steroid dienone is 1. The first-order valence-electron chi connectivity index (χ1n) is 8.85. The van der Waals surface area contributed by atoms with Gasteiger partial charge >= 0.3 is 0 Å². The highest BCUT2D eigenvalue weighted by Crippen LogP contribution is 2.36. The summed E-state index contributed by atoms with van der Waals surface area (Å²) in [5.41, 5.74) is 1.75. The highest BCUT2D eigenvalue weighted by atomic mass is 79.9. The van der Waals surface area contributed by atoms with Crippen LogP contribution in [0.3, 0.4) is 0 Å². The number of hydrogen-bond acceptors (Lipinski definition) is 1. The average molecular weight is 411 g/mol. The van der Waals surface area contributed by atoms with Crippen LogP contribution < -0.4 is 0 Å². The van der Waals surface area contributed by atoms with E-state index >= 15 is 0 Å². The molecule has 5 aromatic carbocycles. The Morgan fingerprint density at radius 1 is 0.704 bits per heavy atom. The van der Waals surface area contributed by atoms with Crippen molar-refractivity contribution in [3.05, 3.63) is 101 Å². The fourth-order valence-electron chi connectivity index (χ4n) is 3.78. The first-order chi connectivity index (χ1) is 13.2. The second kappa shape index (κ2) is 6.33. The summed E-state index contributed by atoms with van der Waals surface area (Å²) < 4.78 is 0.967. The molecule has 0 atom stereocenters. The van der Waals surface area contributed by atoms with Crippen molar-refractivity contribution in [3.63, 3.8) is 0 Å². The second-order valence-electron chi connectivity index (χ2n) is 6.72. The quantitative estimate of drug-likeness (QED) is 0.174. The van der Waals surface area contributed by atoms with Crippen LogP contribution >= 0.6 is 15.9 Å². The van der Waals surface area contributed by atoms with Crippen LogP contribution in [0.1, 0.15) is 15.9 Å². The molecule has 5 rings (SSSR count). The minimum atomic E-state index is 0.00759. The molecule has 0 bridgehead atoms. The number of halogens is 1. The van der Waals surface area contributed by atoms with Gasteiger partial charge in [0.2, 0.25) is 0 Å². The van der Waals surface area contributed by atoms with Crippen molar-refractivity contribution in [2.45, 2.75) is 0 Å². The van der Waals surface area contributed by atoms with Crippen molar-refractivity contribution in [2.24, 2.45) is 0 Å². The van der Waals surface area contributed by atoms with Crippen LogP contribution in [-0.4, -0.2) is 5.78 Å². The topological polar surface area (TPSA) is 17.1 Å². The maximum absolute atomic E-state index is 12.5. The fourth-order valence-corrected chi connectivity index (χ4v) is 4.04. The molecule has 0 spiro atoms. The molecule has 1 nitrogen and oxygen atoms in total. The lowest BCUT2D eigenvalue weighted by atomic mass is 9.92. The Hall–Kier alpha value is -2.97. The van der Waals surface area contributed by atoms with Gasteiger partial charge in [0.05, 0.1) is 0 Å². The van der Waals surface area contributed by atoms with Crippen LogP contribution in [0.4, 0.5) is 0 Å². The van der Waals surface area contributed by atoms with Gasteiger partial charge in [-0.1, -0.05) is 76.6 Å². The fraction of sp³-hybridized carbons (Fsp3) is 0. The van der Waals surface area contributed by atoms with Crippen LogP contribution in [0.15, 0.2) is 89.4 Å².